The van der Waals surface area contributed by atoms with E-state index in [1.165, 1.54) is 0 Å². The average molecular weight is 221 g/mol. The van der Waals surface area contributed by atoms with Crippen molar-refractivity contribution in [2.45, 2.75) is 25.0 Å². The number of likely N-dealkylation sites (N-methyl/N-ethyl adjacent to an activating group) is 1. The van der Waals surface area contributed by atoms with E-state index in [2.05, 4.69) is 16.9 Å². The minimum absolute atomic E-state index is 0.211. The van der Waals surface area contributed by atoms with Gasteiger partial charge in [-0.15, -0.1) is 0 Å². The summed E-state index contributed by atoms with van der Waals surface area (Å²) in [5.74, 6) is 0. The highest BCUT2D eigenvalue weighted by molar-refractivity contribution is 5.03. The summed E-state index contributed by atoms with van der Waals surface area (Å²) < 4.78 is 5.47. The lowest BCUT2D eigenvalue weighted by atomic mass is 10.0. The van der Waals surface area contributed by atoms with E-state index in [0.717, 1.165) is 31.9 Å². The highest BCUT2D eigenvalue weighted by Gasteiger charge is 2.26. The maximum absolute atomic E-state index is 6.09. The molecule has 0 saturated carbocycles. The molecule has 2 unspecified atom stereocenters. The first-order chi connectivity index (χ1) is 7.77. The fraction of sp³-hybridized carbons (Fsp3) is 0.583. The van der Waals surface area contributed by atoms with E-state index in [1.807, 2.05) is 24.4 Å². The van der Waals surface area contributed by atoms with Gasteiger partial charge in [-0.3, -0.25) is 9.88 Å². The molecule has 4 heteroatoms. The summed E-state index contributed by atoms with van der Waals surface area (Å²) in [7, 11) is 2.08. The van der Waals surface area contributed by atoms with Gasteiger partial charge in [-0.05, 0) is 25.6 Å². The average Bonchev–Trinajstić information content (AvgIpc) is 2.31. The first-order valence-corrected chi connectivity index (χ1v) is 5.71. The Labute approximate surface area is 96.4 Å². The van der Waals surface area contributed by atoms with Crippen molar-refractivity contribution in [2.75, 3.05) is 20.3 Å². The Hall–Kier alpha value is -0.970. The maximum Gasteiger partial charge on any atom is 0.0636 e. The van der Waals surface area contributed by atoms with Gasteiger partial charge < -0.3 is 10.5 Å². The Kier molecular flexibility index (Phi) is 3.88. The summed E-state index contributed by atoms with van der Waals surface area (Å²) in [6.45, 7) is 2.34. The molecule has 0 amide bonds. The van der Waals surface area contributed by atoms with Crippen LogP contribution >= 0.6 is 0 Å². The van der Waals surface area contributed by atoms with Crippen LogP contribution in [0.2, 0.25) is 0 Å². The summed E-state index contributed by atoms with van der Waals surface area (Å²) in [4.78, 5) is 6.54. The molecule has 1 fully saturated rings. The van der Waals surface area contributed by atoms with Gasteiger partial charge in [-0.1, -0.05) is 6.07 Å². The van der Waals surface area contributed by atoms with Crippen LogP contribution in [0, 0.1) is 0 Å². The summed E-state index contributed by atoms with van der Waals surface area (Å²) in [6, 6.07) is 6.48. The van der Waals surface area contributed by atoms with Crippen molar-refractivity contribution in [1.82, 2.24) is 9.88 Å². The Balaban J connectivity index is 1.94. The molecule has 4 nitrogen and oxygen atoms in total. The summed E-state index contributed by atoms with van der Waals surface area (Å²) in [6.07, 6.45) is 2.76. The van der Waals surface area contributed by atoms with E-state index in [9.17, 15) is 0 Å². The molecule has 2 heterocycles. The van der Waals surface area contributed by atoms with E-state index < -0.39 is 0 Å². The van der Waals surface area contributed by atoms with Crippen LogP contribution in [-0.4, -0.2) is 42.2 Å². The first-order valence-electron chi connectivity index (χ1n) is 5.71. The van der Waals surface area contributed by atoms with Crippen molar-refractivity contribution >= 4 is 0 Å². The molecule has 2 N–H and O–H groups in total. The van der Waals surface area contributed by atoms with Crippen molar-refractivity contribution in [2.24, 2.45) is 5.73 Å². The van der Waals surface area contributed by atoms with Crippen LogP contribution in [0.25, 0.3) is 0 Å². The third-order valence-corrected chi connectivity index (χ3v) is 3.08. The zero-order chi connectivity index (χ0) is 11.4. The SMILES string of the molecule is CN(Cc1ccccn1)C1COCCC1N. The van der Waals surface area contributed by atoms with Crippen LogP contribution in [0.3, 0.4) is 0 Å². The standard InChI is InChI=1S/C12H19N3O/c1-15(8-10-4-2-3-6-14-10)12-9-16-7-5-11(12)13/h2-4,6,11-12H,5,7-9,13H2,1H3. The molecule has 1 aliphatic rings. The van der Waals surface area contributed by atoms with Gasteiger partial charge in [0.15, 0.2) is 0 Å². The maximum atomic E-state index is 6.09. The smallest absolute Gasteiger partial charge is 0.0636 e. The van der Waals surface area contributed by atoms with Crippen molar-refractivity contribution < 1.29 is 4.74 Å². The first kappa shape index (κ1) is 11.5. The Morgan fingerprint density at radius 1 is 1.56 bits per heavy atom. The minimum atomic E-state index is 0.211. The van der Waals surface area contributed by atoms with E-state index in [1.54, 1.807) is 0 Å². The van der Waals surface area contributed by atoms with Crippen molar-refractivity contribution in [3.63, 3.8) is 0 Å². The largest absolute Gasteiger partial charge is 0.380 e. The minimum Gasteiger partial charge on any atom is -0.380 e. The van der Waals surface area contributed by atoms with Gasteiger partial charge in [-0.25, -0.2) is 0 Å². The van der Waals surface area contributed by atoms with Gasteiger partial charge in [0.2, 0.25) is 0 Å². The lowest BCUT2D eigenvalue weighted by Gasteiger charge is -2.35. The topological polar surface area (TPSA) is 51.4 Å². The van der Waals surface area contributed by atoms with Crippen LogP contribution in [0.15, 0.2) is 24.4 Å². The molecule has 0 bridgehead atoms. The number of aromatic nitrogens is 1. The summed E-state index contributed by atoms with van der Waals surface area (Å²) in [5.41, 5.74) is 7.16. The molecule has 2 rings (SSSR count). The zero-order valence-corrected chi connectivity index (χ0v) is 9.67. The lowest BCUT2D eigenvalue weighted by molar-refractivity contribution is 0.0123. The molecule has 0 aliphatic carbocycles. The second-order valence-electron chi connectivity index (χ2n) is 4.33. The van der Waals surface area contributed by atoms with Gasteiger partial charge >= 0.3 is 0 Å². The van der Waals surface area contributed by atoms with Crippen molar-refractivity contribution in [1.29, 1.82) is 0 Å². The second-order valence-corrected chi connectivity index (χ2v) is 4.33. The van der Waals surface area contributed by atoms with E-state index >= 15 is 0 Å². The molecule has 0 spiro atoms. The fourth-order valence-electron chi connectivity index (χ4n) is 2.06. The quantitative estimate of drug-likeness (QED) is 0.813. The van der Waals surface area contributed by atoms with Gasteiger partial charge in [0.05, 0.1) is 12.3 Å². The molecule has 0 radical (unpaired) electrons. The molecule has 1 aromatic rings. The van der Waals surface area contributed by atoms with Crippen LogP contribution in [-0.2, 0) is 11.3 Å². The van der Waals surface area contributed by atoms with E-state index in [4.69, 9.17) is 10.5 Å². The number of ether oxygens (including phenoxy) is 1. The van der Waals surface area contributed by atoms with Crippen molar-refractivity contribution in [3.05, 3.63) is 30.1 Å². The molecule has 1 aromatic heterocycles. The second kappa shape index (κ2) is 5.39. The van der Waals surface area contributed by atoms with Crippen LogP contribution in [0.1, 0.15) is 12.1 Å². The van der Waals surface area contributed by atoms with E-state index in [0.29, 0.717) is 6.04 Å². The number of pyridine rings is 1. The number of hydrogen-bond acceptors (Lipinski definition) is 4. The molecule has 1 saturated heterocycles. The molecule has 88 valence electrons. The molecular formula is C12H19N3O. The lowest BCUT2D eigenvalue weighted by Crippen LogP contribution is -2.51. The Morgan fingerprint density at radius 3 is 3.12 bits per heavy atom. The number of nitrogens with zero attached hydrogens (tertiary/aromatic N) is 2. The van der Waals surface area contributed by atoms with Crippen LogP contribution in [0.5, 0.6) is 0 Å². The molecule has 2 atom stereocenters. The Bertz CT molecular complexity index is 317. The fourth-order valence-corrected chi connectivity index (χ4v) is 2.06. The number of nitrogens with two attached hydrogens (primary N) is 1. The van der Waals surface area contributed by atoms with Gasteiger partial charge in [0.1, 0.15) is 0 Å². The Morgan fingerprint density at radius 2 is 2.44 bits per heavy atom. The highest BCUT2D eigenvalue weighted by Crippen LogP contribution is 2.13. The molecule has 0 aromatic carbocycles. The van der Waals surface area contributed by atoms with Crippen LogP contribution in [0.4, 0.5) is 0 Å². The number of hydrogen-bond donors (Lipinski definition) is 1. The summed E-state index contributed by atoms with van der Waals surface area (Å²) in [5, 5.41) is 0. The number of rotatable bonds is 3. The predicted octanol–water partition coefficient (Wildman–Crippen LogP) is 0.630. The van der Waals surface area contributed by atoms with Gasteiger partial charge in [0, 0.05) is 31.4 Å². The zero-order valence-electron chi connectivity index (χ0n) is 9.67. The normalized spacial score (nSPS) is 25.9. The van der Waals surface area contributed by atoms with E-state index in [-0.39, 0.29) is 6.04 Å². The summed E-state index contributed by atoms with van der Waals surface area (Å²) >= 11 is 0. The monoisotopic (exact) mass is 221 g/mol. The highest BCUT2D eigenvalue weighted by atomic mass is 16.5. The van der Waals surface area contributed by atoms with Crippen molar-refractivity contribution in [3.8, 4) is 0 Å². The van der Waals surface area contributed by atoms with Gasteiger partial charge in [-0.2, -0.15) is 0 Å². The molecular weight excluding hydrogens is 202 g/mol. The molecule has 16 heavy (non-hydrogen) atoms. The molecule has 1 aliphatic heterocycles. The third kappa shape index (κ3) is 2.78. The third-order valence-electron chi connectivity index (χ3n) is 3.08. The predicted molar refractivity (Wildman–Crippen MR) is 62.9 cm³/mol. The van der Waals surface area contributed by atoms with Gasteiger partial charge in [0.25, 0.3) is 0 Å². The van der Waals surface area contributed by atoms with Crippen LogP contribution < -0.4 is 5.73 Å².